The summed E-state index contributed by atoms with van der Waals surface area (Å²) in [4.78, 5) is 33.8. The molecule has 0 N–H and O–H groups in total. The van der Waals surface area contributed by atoms with Crippen LogP contribution in [0.25, 0.3) is 0 Å². The van der Waals surface area contributed by atoms with Gasteiger partial charge in [-0.3, -0.25) is 24.6 Å². The summed E-state index contributed by atoms with van der Waals surface area (Å²) in [7, 11) is 1.33. The number of carbonyl (C=O) groups is 2. The molecular formula is C10H9IN2O4. The van der Waals surface area contributed by atoms with Crippen molar-refractivity contribution in [3.8, 4) is 0 Å². The van der Waals surface area contributed by atoms with Gasteiger partial charge in [-0.2, -0.15) is 0 Å². The average molecular weight is 348 g/mol. The molecule has 1 rings (SSSR count). The highest BCUT2D eigenvalue weighted by atomic mass is 127. The fourth-order valence-electron chi connectivity index (χ4n) is 1.12. The number of hydrogen-bond donors (Lipinski definition) is 0. The predicted octanol–water partition coefficient (Wildman–Crippen LogP) is 1.82. The van der Waals surface area contributed by atoms with E-state index in [1.54, 1.807) is 0 Å². The first-order chi connectivity index (χ1) is 7.84. The molecule has 0 aliphatic carbocycles. The number of nitrogens with zero attached hydrogens (tertiary/aromatic N) is 2. The van der Waals surface area contributed by atoms with Crippen LogP contribution in [0.1, 0.15) is 17.3 Å². The first-order valence-corrected chi connectivity index (χ1v) is 5.65. The zero-order chi connectivity index (χ0) is 13.2. The van der Waals surface area contributed by atoms with Crippen LogP contribution in [0.2, 0.25) is 0 Å². The molecule has 2 amide bonds. The van der Waals surface area contributed by atoms with Crippen molar-refractivity contribution >= 4 is 40.1 Å². The van der Waals surface area contributed by atoms with E-state index >= 15 is 0 Å². The lowest BCUT2D eigenvalue weighted by Crippen LogP contribution is -2.31. The van der Waals surface area contributed by atoms with Crippen molar-refractivity contribution in [1.82, 2.24) is 4.90 Å². The van der Waals surface area contributed by atoms with Crippen LogP contribution in [0, 0.1) is 13.7 Å². The highest BCUT2D eigenvalue weighted by Gasteiger charge is 2.19. The topological polar surface area (TPSA) is 80.5 Å². The fourth-order valence-corrected chi connectivity index (χ4v) is 1.65. The number of imide groups is 1. The van der Waals surface area contributed by atoms with Crippen molar-refractivity contribution in [2.24, 2.45) is 0 Å². The summed E-state index contributed by atoms with van der Waals surface area (Å²) in [5.41, 5.74) is -0.0248. The molecule has 6 nitrogen and oxygen atoms in total. The molecule has 0 fully saturated rings. The molecule has 0 spiro atoms. The smallest absolute Gasteiger partial charge is 0.282 e. The van der Waals surface area contributed by atoms with Crippen molar-refractivity contribution in [3.63, 3.8) is 0 Å². The largest absolute Gasteiger partial charge is 0.283 e. The van der Waals surface area contributed by atoms with E-state index in [1.807, 2.05) is 22.6 Å². The van der Waals surface area contributed by atoms with Crippen LogP contribution in [0.5, 0.6) is 0 Å². The van der Waals surface area contributed by atoms with Crippen LogP contribution >= 0.6 is 22.6 Å². The van der Waals surface area contributed by atoms with Gasteiger partial charge in [0.1, 0.15) is 0 Å². The third kappa shape index (κ3) is 2.99. The Morgan fingerprint density at radius 2 is 2.00 bits per heavy atom. The van der Waals surface area contributed by atoms with E-state index in [4.69, 9.17) is 0 Å². The molecule has 0 aliphatic heterocycles. The quantitative estimate of drug-likeness (QED) is 0.464. The molecule has 0 atom stereocenters. The molecule has 0 unspecified atom stereocenters. The Morgan fingerprint density at radius 3 is 2.47 bits per heavy atom. The molecule has 0 bridgehead atoms. The van der Waals surface area contributed by atoms with Crippen molar-refractivity contribution in [1.29, 1.82) is 0 Å². The Hall–Kier alpha value is -1.51. The molecule has 7 heteroatoms. The molecule has 0 aromatic heterocycles. The zero-order valence-corrected chi connectivity index (χ0v) is 11.3. The number of nitro groups is 1. The van der Waals surface area contributed by atoms with Gasteiger partial charge in [-0.1, -0.05) is 0 Å². The van der Waals surface area contributed by atoms with Gasteiger partial charge >= 0.3 is 0 Å². The SMILES string of the molecule is CC(=O)N(C)C(=O)c1ccc(I)c([N+](=O)[O-])c1. The number of amides is 2. The average Bonchev–Trinajstić information content (AvgIpc) is 2.27. The summed E-state index contributed by atoms with van der Waals surface area (Å²) >= 11 is 1.81. The Kier molecular flexibility index (Phi) is 4.16. The van der Waals surface area contributed by atoms with Crippen LogP contribution in [-0.2, 0) is 4.79 Å². The summed E-state index contributed by atoms with van der Waals surface area (Å²) in [5, 5.41) is 10.7. The van der Waals surface area contributed by atoms with Gasteiger partial charge in [0.05, 0.1) is 8.49 Å². The molecule has 1 aromatic rings. The molecule has 0 radical (unpaired) electrons. The highest BCUT2D eigenvalue weighted by Crippen LogP contribution is 2.22. The van der Waals surface area contributed by atoms with Gasteiger partial charge in [0.25, 0.3) is 11.6 Å². The summed E-state index contributed by atoms with van der Waals surface area (Å²) in [5.74, 6) is -0.979. The standard InChI is InChI=1S/C10H9IN2O4/c1-6(14)12(2)10(15)7-3-4-8(11)9(5-7)13(16)17/h3-5H,1-2H3. The summed E-state index contributed by atoms with van der Waals surface area (Å²) in [6.07, 6.45) is 0. The number of nitro benzene ring substituents is 1. The molecule has 0 saturated heterocycles. The molecule has 0 heterocycles. The van der Waals surface area contributed by atoms with Gasteiger partial charge in [-0.25, -0.2) is 0 Å². The second-order valence-corrected chi connectivity index (χ2v) is 4.47. The van der Waals surface area contributed by atoms with Crippen LogP contribution in [0.3, 0.4) is 0 Å². The molecular weight excluding hydrogens is 339 g/mol. The predicted molar refractivity (Wildman–Crippen MR) is 68.6 cm³/mol. The van der Waals surface area contributed by atoms with E-state index in [1.165, 1.54) is 32.2 Å². The minimum atomic E-state index is -0.563. The zero-order valence-electron chi connectivity index (χ0n) is 9.14. The van der Waals surface area contributed by atoms with Crippen molar-refractivity contribution < 1.29 is 14.5 Å². The van der Waals surface area contributed by atoms with Gasteiger partial charge < -0.3 is 0 Å². The molecule has 17 heavy (non-hydrogen) atoms. The summed E-state index contributed by atoms with van der Waals surface area (Å²) < 4.78 is 0.439. The van der Waals surface area contributed by atoms with Gasteiger partial charge in [-0.05, 0) is 34.7 Å². The minimum absolute atomic E-state index is 0.120. The number of halogens is 1. The minimum Gasteiger partial charge on any atom is -0.282 e. The first kappa shape index (κ1) is 13.6. The van der Waals surface area contributed by atoms with Crippen LogP contribution in [0.15, 0.2) is 18.2 Å². The Morgan fingerprint density at radius 1 is 1.41 bits per heavy atom. The third-order valence-corrected chi connectivity index (χ3v) is 3.08. The van der Waals surface area contributed by atoms with Gasteiger partial charge in [0, 0.05) is 25.6 Å². The second kappa shape index (κ2) is 5.21. The Bertz CT molecular complexity index is 501. The first-order valence-electron chi connectivity index (χ1n) is 4.57. The van der Waals surface area contributed by atoms with E-state index in [0.29, 0.717) is 3.57 Å². The fraction of sp³-hybridized carbons (Fsp3) is 0.200. The van der Waals surface area contributed by atoms with Crippen LogP contribution < -0.4 is 0 Å². The maximum Gasteiger partial charge on any atom is 0.283 e. The monoisotopic (exact) mass is 348 g/mol. The summed E-state index contributed by atoms with van der Waals surface area (Å²) in [6.45, 7) is 1.25. The van der Waals surface area contributed by atoms with E-state index in [0.717, 1.165) is 4.90 Å². The Labute approximate surface area is 111 Å². The van der Waals surface area contributed by atoms with Crippen LogP contribution in [-0.4, -0.2) is 28.7 Å². The molecule has 0 saturated carbocycles. The number of hydrogen-bond acceptors (Lipinski definition) is 4. The van der Waals surface area contributed by atoms with E-state index in [2.05, 4.69) is 0 Å². The van der Waals surface area contributed by atoms with Crippen molar-refractivity contribution in [2.75, 3.05) is 7.05 Å². The molecule has 0 aliphatic rings. The third-order valence-electron chi connectivity index (χ3n) is 2.17. The summed E-state index contributed by atoms with van der Waals surface area (Å²) in [6, 6.07) is 4.10. The van der Waals surface area contributed by atoms with E-state index in [9.17, 15) is 19.7 Å². The van der Waals surface area contributed by atoms with E-state index < -0.39 is 16.7 Å². The van der Waals surface area contributed by atoms with Gasteiger partial charge in [0.2, 0.25) is 5.91 Å². The molecule has 1 aromatic carbocycles. The number of carbonyl (C=O) groups excluding carboxylic acids is 2. The lowest BCUT2D eigenvalue weighted by Gasteiger charge is -2.12. The lowest BCUT2D eigenvalue weighted by atomic mass is 10.2. The highest BCUT2D eigenvalue weighted by molar-refractivity contribution is 14.1. The van der Waals surface area contributed by atoms with Crippen LogP contribution in [0.4, 0.5) is 5.69 Å². The van der Waals surface area contributed by atoms with Gasteiger partial charge in [0.15, 0.2) is 0 Å². The Balaban J connectivity index is 3.16. The molecule has 90 valence electrons. The maximum absolute atomic E-state index is 11.8. The number of rotatable bonds is 2. The number of benzene rings is 1. The normalized spacial score (nSPS) is 9.82. The maximum atomic E-state index is 11.8. The lowest BCUT2D eigenvalue weighted by molar-refractivity contribution is -0.385. The van der Waals surface area contributed by atoms with Crippen molar-refractivity contribution in [3.05, 3.63) is 37.4 Å². The van der Waals surface area contributed by atoms with E-state index in [-0.39, 0.29) is 11.3 Å². The van der Waals surface area contributed by atoms with Gasteiger partial charge in [-0.15, -0.1) is 0 Å². The second-order valence-electron chi connectivity index (χ2n) is 3.31. The van der Waals surface area contributed by atoms with Crippen molar-refractivity contribution in [2.45, 2.75) is 6.92 Å².